The molecule has 1 N–H and O–H groups in total. The predicted molar refractivity (Wildman–Crippen MR) is 56.5 cm³/mol. The molecule has 0 saturated heterocycles. The number of aromatic nitrogens is 4. The number of ether oxygens (including phenoxy) is 1. The van der Waals surface area contributed by atoms with Gasteiger partial charge in [0.2, 0.25) is 5.82 Å². The maximum absolute atomic E-state index is 13.5. The lowest BCUT2D eigenvalue weighted by Crippen LogP contribution is -2.06. The van der Waals surface area contributed by atoms with Gasteiger partial charge < -0.3 is 9.84 Å². The van der Waals surface area contributed by atoms with Crippen LogP contribution in [-0.2, 0) is 13.7 Å². The Bertz CT molecular complexity index is 584. The Balaban J connectivity index is 2.20. The minimum Gasteiger partial charge on any atom is -0.481 e. The Morgan fingerprint density at radius 2 is 2.33 bits per heavy atom. The van der Waals surface area contributed by atoms with Crippen molar-refractivity contribution in [3.63, 3.8) is 0 Å². The number of carbonyl (C=O) groups is 1. The van der Waals surface area contributed by atoms with E-state index in [1.54, 1.807) is 7.05 Å². The molecule has 0 unspecified atom stereocenters. The van der Waals surface area contributed by atoms with Crippen molar-refractivity contribution in [2.24, 2.45) is 7.05 Å². The monoisotopic (exact) mass is 252 g/mol. The van der Waals surface area contributed by atoms with Crippen molar-refractivity contribution in [3.05, 3.63) is 35.4 Å². The lowest BCUT2D eigenvalue weighted by atomic mass is 10.2. The summed E-state index contributed by atoms with van der Waals surface area (Å²) in [6, 6.07) is 3.67. The van der Waals surface area contributed by atoms with Gasteiger partial charge in [-0.15, -0.1) is 10.2 Å². The molecule has 0 spiro atoms. The zero-order valence-corrected chi connectivity index (χ0v) is 9.37. The molecule has 0 amide bonds. The van der Waals surface area contributed by atoms with Gasteiger partial charge in [0.1, 0.15) is 5.56 Å². The lowest BCUT2D eigenvalue weighted by Gasteiger charge is -2.07. The molecule has 2 aromatic rings. The van der Waals surface area contributed by atoms with Gasteiger partial charge in [-0.25, -0.2) is 9.18 Å². The first kappa shape index (κ1) is 12.0. The number of nitrogens with zero attached hydrogens (tertiary/aromatic N) is 4. The van der Waals surface area contributed by atoms with Gasteiger partial charge in [-0.2, -0.15) is 4.80 Å². The fraction of sp³-hybridized carbons (Fsp3) is 0.200. The third kappa shape index (κ3) is 2.42. The highest BCUT2D eigenvalue weighted by Gasteiger charge is 2.16. The van der Waals surface area contributed by atoms with Crippen molar-refractivity contribution in [3.8, 4) is 5.75 Å². The van der Waals surface area contributed by atoms with Crippen molar-refractivity contribution in [1.82, 2.24) is 20.2 Å². The van der Waals surface area contributed by atoms with Gasteiger partial charge in [0.15, 0.2) is 18.2 Å². The van der Waals surface area contributed by atoms with Crippen LogP contribution in [0.15, 0.2) is 18.2 Å². The van der Waals surface area contributed by atoms with Crippen LogP contribution in [0, 0.1) is 5.82 Å². The number of tetrazole rings is 1. The highest BCUT2D eigenvalue weighted by atomic mass is 19.1. The summed E-state index contributed by atoms with van der Waals surface area (Å²) in [6.07, 6.45) is 0. The quantitative estimate of drug-likeness (QED) is 0.858. The molecular weight excluding hydrogens is 243 g/mol. The Kier molecular flexibility index (Phi) is 3.18. The fourth-order valence-corrected chi connectivity index (χ4v) is 1.34. The molecule has 94 valence electrons. The van der Waals surface area contributed by atoms with E-state index < -0.39 is 11.8 Å². The van der Waals surface area contributed by atoms with Gasteiger partial charge in [0, 0.05) is 0 Å². The minimum absolute atomic E-state index is 0.158. The zero-order valence-electron chi connectivity index (χ0n) is 9.37. The van der Waals surface area contributed by atoms with Crippen LogP contribution in [0.2, 0.25) is 0 Å². The van der Waals surface area contributed by atoms with Crippen LogP contribution >= 0.6 is 0 Å². The second kappa shape index (κ2) is 4.78. The first-order valence-electron chi connectivity index (χ1n) is 4.95. The number of benzene rings is 1. The van der Waals surface area contributed by atoms with Gasteiger partial charge in [-0.3, -0.25) is 0 Å². The number of aromatic carboxylic acids is 1. The summed E-state index contributed by atoms with van der Waals surface area (Å²) in [5.41, 5.74) is -0.251. The van der Waals surface area contributed by atoms with E-state index in [-0.39, 0.29) is 23.7 Å². The number of carboxylic acid groups (broad SMARTS) is 1. The molecule has 1 aromatic heterocycles. The van der Waals surface area contributed by atoms with Crippen LogP contribution in [0.1, 0.15) is 16.2 Å². The van der Waals surface area contributed by atoms with Gasteiger partial charge in [-0.05, 0) is 17.3 Å². The van der Waals surface area contributed by atoms with Gasteiger partial charge >= 0.3 is 5.97 Å². The molecule has 1 aromatic carbocycles. The average Bonchev–Trinajstić information content (AvgIpc) is 2.73. The maximum Gasteiger partial charge on any atom is 0.339 e. The third-order valence-electron chi connectivity index (χ3n) is 2.09. The van der Waals surface area contributed by atoms with E-state index in [0.717, 1.165) is 6.07 Å². The van der Waals surface area contributed by atoms with E-state index in [4.69, 9.17) is 9.84 Å². The average molecular weight is 252 g/mol. The molecular formula is C10H9FN4O3. The Labute approximate surface area is 101 Å². The van der Waals surface area contributed by atoms with Crippen LogP contribution in [0.5, 0.6) is 5.75 Å². The van der Waals surface area contributed by atoms with Crippen molar-refractivity contribution in [2.75, 3.05) is 0 Å². The van der Waals surface area contributed by atoms with Crippen LogP contribution < -0.4 is 4.74 Å². The Hall–Kier alpha value is -2.51. The van der Waals surface area contributed by atoms with Crippen LogP contribution in [0.3, 0.4) is 0 Å². The molecule has 18 heavy (non-hydrogen) atoms. The summed E-state index contributed by atoms with van der Waals surface area (Å²) in [5.74, 6) is -2.12. The number of halogens is 1. The molecule has 0 bridgehead atoms. The van der Waals surface area contributed by atoms with Crippen LogP contribution in [-0.4, -0.2) is 31.3 Å². The fourth-order valence-electron chi connectivity index (χ4n) is 1.34. The van der Waals surface area contributed by atoms with E-state index in [0.29, 0.717) is 0 Å². The zero-order chi connectivity index (χ0) is 13.1. The molecule has 8 heteroatoms. The molecule has 1 heterocycles. The first-order valence-corrected chi connectivity index (χ1v) is 4.95. The van der Waals surface area contributed by atoms with E-state index in [2.05, 4.69) is 15.4 Å². The summed E-state index contributed by atoms with van der Waals surface area (Å²) in [7, 11) is 1.57. The number of rotatable bonds is 4. The highest BCUT2D eigenvalue weighted by molar-refractivity contribution is 5.90. The van der Waals surface area contributed by atoms with Gasteiger partial charge in [0.25, 0.3) is 0 Å². The van der Waals surface area contributed by atoms with Crippen molar-refractivity contribution >= 4 is 5.97 Å². The SMILES string of the molecule is Cn1nnc(COc2c(F)cccc2C(=O)O)n1. The summed E-state index contributed by atoms with van der Waals surface area (Å²) in [5, 5.41) is 19.9. The lowest BCUT2D eigenvalue weighted by molar-refractivity contribution is 0.0690. The molecule has 2 rings (SSSR count). The number of aryl methyl sites for hydroxylation is 1. The molecule has 0 aliphatic heterocycles. The summed E-state index contributed by atoms with van der Waals surface area (Å²) < 4.78 is 18.6. The second-order valence-electron chi connectivity index (χ2n) is 3.41. The van der Waals surface area contributed by atoms with Gasteiger partial charge in [-0.1, -0.05) is 6.07 Å². The van der Waals surface area contributed by atoms with E-state index >= 15 is 0 Å². The molecule has 0 aliphatic rings. The largest absolute Gasteiger partial charge is 0.481 e. The summed E-state index contributed by atoms with van der Waals surface area (Å²) in [6.45, 7) is -0.158. The van der Waals surface area contributed by atoms with Crippen LogP contribution in [0.25, 0.3) is 0 Å². The smallest absolute Gasteiger partial charge is 0.339 e. The third-order valence-corrected chi connectivity index (χ3v) is 2.09. The highest BCUT2D eigenvalue weighted by Crippen LogP contribution is 2.23. The van der Waals surface area contributed by atoms with E-state index in [1.807, 2.05) is 0 Å². The molecule has 0 atom stereocenters. The topological polar surface area (TPSA) is 90.1 Å². The summed E-state index contributed by atoms with van der Waals surface area (Å²) in [4.78, 5) is 12.1. The second-order valence-corrected chi connectivity index (χ2v) is 3.41. The number of carboxylic acids is 1. The van der Waals surface area contributed by atoms with Crippen molar-refractivity contribution < 1.29 is 19.0 Å². The van der Waals surface area contributed by atoms with Crippen LogP contribution in [0.4, 0.5) is 4.39 Å². The maximum atomic E-state index is 13.5. The molecule has 0 aliphatic carbocycles. The Morgan fingerprint density at radius 3 is 2.94 bits per heavy atom. The van der Waals surface area contributed by atoms with E-state index in [9.17, 15) is 9.18 Å². The van der Waals surface area contributed by atoms with Crippen molar-refractivity contribution in [2.45, 2.75) is 6.61 Å². The predicted octanol–water partition coefficient (Wildman–Crippen LogP) is 0.626. The molecule has 0 saturated carbocycles. The normalized spacial score (nSPS) is 10.3. The molecule has 0 fully saturated rings. The van der Waals surface area contributed by atoms with Crippen molar-refractivity contribution in [1.29, 1.82) is 0 Å². The Morgan fingerprint density at radius 1 is 1.56 bits per heavy atom. The summed E-state index contributed by atoms with van der Waals surface area (Å²) >= 11 is 0. The van der Waals surface area contributed by atoms with Gasteiger partial charge in [0.05, 0.1) is 7.05 Å². The number of hydrogen-bond donors (Lipinski definition) is 1. The number of para-hydroxylation sites is 1. The standard InChI is InChI=1S/C10H9FN4O3/c1-15-13-8(12-14-15)5-18-9-6(10(16)17)3-2-4-7(9)11/h2-4H,5H2,1H3,(H,16,17). The number of hydrogen-bond acceptors (Lipinski definition) is 5. The molecule has 7 nitrogen and oxygen atoms in total. The van der Waals surface area contributed by atoms with E-state index in [1.165, 1.54) is 16.9 Å². The molecule has 0 radical (unpaired) electrons. The minimum atomic E-state index is -1.27. The first-order chi connectivity index (χ1) is 8.58.